The molecule has 2 aromatic carbocycles. The minimum atomic E-state index is 0.0752. The van der Waals surface area contributed by atoms with E-state index in [-0.39, 0.29) is 11.7 Å². The zero-order chi connectivity index (χ0) is 16.2. The maximum Gasteiger partial charge on any atom is 0.253 e. The van der Waals surface area contributed by atoms with Gasteiger partial charge in [-0.25, -0.2) is 0 Å². The molecule has 1 aliphatic heterocycles. The molecule has 1 fully saturated rings. The lowest BCUT2D eigenvalue weighted by molar-refractivity contribution is 0.0690. The first-order valence-electron chi connectivity index (χ1n) is 8.26. The number of benzene rings is 2. The van der Waals surface area contributed by atoms with E-state index in [0.29, 0.717) is 11.5 Å². The third kappa shape index (κ3) is 3.73. The summed E-state index contributed by atoms with van der Waals surface area (Å²) in [5.74, 6) is 0.970. The van der Waals surface area contributed by atoms with Crippen molar-refractivity contribution < 1.29 is 9.90 Å². The molecule has 1 amide bonds. The Kier molecular flexibility index (Phi) is 4.65. The van der Waals surface area contributed by atoms with Gasteiger partial charge in [0.2, 0.25) is 0 Å². The number of piperidine rings is 1. The number of aryl methyl sites for hydroxylation is 1. The average Bonchev–Trinajstić information content (AvgIpc) is 2.58. The highest BCUT2D eigenvalue weighted by atomic mass is 16.3. The van der Waals surface area contributed by atoms with Gasteiger partial charge in [0.1, 0.15) is 5.75 Å². The Balaban J connectivity index is 1.58. The molecule has 3 nitrogen and oxygen atoms in total. The average molecular weight is 309 g/mol. The second kappa shape index (κ2) is 6.86. The predicted molar refractivity (Wildman–Crippen MR) is 91.6 cm³/mol. The van der Waals surface area contributed by atoms with E-state index in [1.165, 1.54) is 5.56 Å². The lowest BCUT2D eigenvalue weighted by Crippen LogP contribution is -2.38. The second-order valence-electron chi connectivity index (χ2n) is 6.43. The molecule has 0 bridgehead atoms. The molecule has 1 aliphatic rings. The summed E-state index contributed by atoms with van der Waals surface area (Å²) < 4.78 is 0. The van der Waals surface area contributed by atoms with Crippen LogP contribution < -0.4 is 0 Å². The van der Waals surface area contributed by atoms with Gasteiger partial charge in [0.25, 0.3) is 5.91 Å². The number of aromatic hydroxyl groups is 1. The molecule has 1 saturated heterocycles. The van der Waals surface area contributed by atoms with Crippen LogP contribution in [0.1, 0.15) is 34.3 Å². The fourth-order valence-electron chi connectivity index (χ4n) is 3.26. The summed E-state index contributed by atoms with van der Waals surface area (Å²) in [5, 5.41) is 9.59. The van der Waals surface area contributed by atoms with Crippen LogP contribution in [0.25, 0.3) is 0 Å². The number of carbonyl (C=O) groups is 1. The highest BCUT2D eigenvalue weighted by Crippen LogP contribution is 2.24. The number of hydrogen-bond acceptors (Lipinski definition) is 2. The first-order valence-corrected chi connectivity index (χ1v) is 8.26. The van der Waals surface area contributed by atoms with Gasteiger partial charge >= 0.3 is 0 Å². The van der Waals surface area contributed by atoms with Crippen molar-refractivity contribution in [3.05, 3.63) is 65.2 Å². The van der Waals surface area contributed by atoms with E-state index in [9.17, 15) is 9.90 Å². The summed E-state index contributed by atoms with van der Waals surface area (Å²) >= 11 is 0. The van der Waals surface area contributed by atoms with Gasteiger partial charge in [-0.3, -0.25) is 4.79 Å². The minimum absolute atomic E-state index is 0.0752. The number of amides is 1. The number of phenolic OH excluding ortho intramolecular Hbond substituents is 1. The lowest BCUT2D eigenvalue weighted by atomic mass is 9.90. The summed E-state index contributed by atoms with van der Waals surface area (Å²) in [5.41, 5.74) is 2.79. The Morgan fingerprint density at radius 3 is 2.48 bits per heavy atom. The first-order chi connectivity index (χ1) is 11.1. The van der Waals surface area contributed by atoms with E-state index in [1.54, 1.807) is 18.2 Å². The van der Waals surface area contributed by atoms with Gasteiger partial charge in [-0.2, -0.15) is 0 Å². The second-order valence-corrected chi connectivity index (χ2v) is 6.43. The molecule has 0 saturated carbocycles. The SMILES string of the molecule is Cc1cc(C(=O)N2CCC(Cc3ccccc3)CC2)ccc1O. The summed E-state index contributed by atoms with van der Waals surface area (Å²) in [6.07, 6.45) is 3.20. The Labute approximate surface area is 137 Å². The number of carbonyl (C=O) groups excluding carboxylic acids is 1. The number of phenols is 1. The predicted octanol–water partition coefficient (Wildman–Crippen LogP) is 3.80. The smallest absolute Gasteiger partial charge is 0.253 e. The van der Waals surface area contributed by atoms with Crippen LogP contribution in [0.2, 0.25) is 0 Å². The Bertz CT molecular complexity index is 673. The topological polar surface area (TPSA) is 40.5 Å². The quantitative estimate of drug-likeness (QED) is 0.937. The van der Waals surface area contributed by atoms with Crippen LogP contribution in [-0.4, -0.2) is 29.0 Å². The number of hydrogen-bond donors (Lipinski definition) is 1. The van der Waals surface area contributed by atoms with Crippen molar-refractivity contribution in [3.8, 4) is 5.75 Å². The maximum atomic E-state index is 12.6. The summed E-state index contributed by atoms with van der Waals surface area (Å²) in [4.78, 5) is 14.5. The lowest BCUT2D eigenvalue weighted by Gasteiger charge is -2.32. The maximum absolute atomic E-state index is 12.6. The number of rotatable bonds is 3. The van der Waals surface area contributed by atoms with Gasteiger partial charge < -0.3 is 10.0 Å². The molecule has 3 rings (SSSR count). The van der Waals surface area contributed by atoms with E-state index in [4.69, 9.17) is 0 Å². The monoisotopic (exact) mass is 309 g/mol. The number of nitrogens with zero attached hydrogens (tertiary/aromatic N) is 1. The molecular weight excluding hydrogens is 286 g/mol. The third-order valence-electron chi connectivity index (χ3n) is 4.71. The molecule has 0 radical (unpaired) electrons. The van der Waals surface area contributed by atoms with E-state index >= 15 is 0 Å². The molecule has 0 spiro atoms. The first kappa shape index (κ1) is 15.6. The van der Waals surface area contributed by atoms with Gasteiger partial charge in [-0.15, -0.1) is 0 Å². The zero-order valence-electron chi connectivity index (χ0n) is 13.5. The van der Waals surface area contributed by atoms with Crippen LogP contribution in [0.4, 0.5) is 0 Å². The van der Waals surface area contributed by atoms with Gasteiger partial charge in [0.05, 0.1) is 0 Å². The highest BCUT2D eigenvalue weighted by Gasteiger charge is 2.24. The summed E-state index contributed by atoms with van der Waals surface area (Å²) in [7, 11) is 0. The molecule has 2 aromatic rings. The van der Waals surface area contributed by atoms with Crippen LogP contribution in [-0.2, 0) is 6.42 Å². The molecule has 120 valence electrons. The molecule has 0 aromatic heterocycles. The van der Waals surface area contributed by atoms with Crippen molar-refractivity contribution in [1.29, 1.82) is 0 Å². The fraction of sp³-hybridized carbons (Fsp3) is 0.350. The van der Waals surface area contributed by atoms with E-state index in [2.05, 4.69) is 24.3 Å². The van der Waals surface area contributed by atoms with Crippen LogP contribution >= 0.6 is 0 Å². The Morgan fingerprint density at radius 2 is 1.83 bits per heavy atom. The molecule has 3 heteroatoms. The molecule has 1 N–H and O–H groups in total. The molecule has 1 heterocycles. The van der Waals surface area contributed by atoms with Crippen molar-refractivity contribution in [3.63, 3.8) is 0 Å². The van der Waals surface area contributed by atoms with Gasteiger partial charge in [0.15, 0.2) is 0 Å². The normalized spacial score (nSPS) is 15.6. The molecule has 0 atom stereocenters. The standard InChI is InChI=1S/C20H23NO2/c1-15-13-18(7-8-19(15)22)20(23)21-11-9-17(10-12-21)14-16-5-3-2-4-6-16/h2-8,13,17,22H,9-12,14H2,1H3. The van der Waals surface area contributed by atoms with Gasteiger partial charge in [-0.1, -0.05) is 30.3 Å². The van der Waals surface area contributed by atoms with Crippen molar-refractivity contribution in [2.45, 2.75) is 26.2 Å². The fourth-order valence-corrected chi connectivity index (χ4v) is 3.26. The molecule has 0 unspecified atom stereocenters. The minimum Gasteiger partial charge on any atom is -0.508 e. The molecule has 23 heavy (non-hydrogen) atoms. The highest BCUT2D eigenvalue weighted by molar-refractivity contribution is 5.94. The van der Waals surface area contributed by atoms with E-state index in [1.807, 2.05) is 17.9 Å². The molecule has 0 aliphatic carbocycles. The van der Waals surface area contributed by atoms with E-state index < -0.39 is 0 Å². The number of likely N-dealkylation sites (tertiary alicyclic amines) is 1. The van der Waals surface area contributed by atoms with Crippen LogP contribution in [0.15, 0.2) is 48.5 Å². The van der Waals surface area contributed by atoms with Gasteiger partial charge in [-0.05, 0) is 61.4 Å². The summed E-state index contributed by atoms with van der Waals surface area (Å²) in [6.45, 7) is 3.45. The van der Waals surface area contributed by atoms with Crippen molar-refractivity contribution in [2.24, 2.45) is 5.92 Å². The van der Waals surface area contributed by atoms with Gasteiger partial charge in [0, 0.05) is 18.7 Å². The molecular formula is C20H23NO2. The summed E-state index contributed by atoms with van der Waals surface area (Å²) in [6, 6.07) is 15.7. The van der Waals surface area contributed by atoms with Crippen molar-refractivity contribution in [2.75, 3.05) is 13.1 Å². The van der Waals surface area contributed by atoms with E-state index in [0.717, 1.165) is 37.9 Å². The Morgan fingerprint density at radius 1 is 1.13 bits per heavy atom. The third-order valence-corrected chi connectivity index (χ3v) is 4.71. The van der Waals surface area contributed by atoms with Crippen LogP contribution in [0, 0.1) is 12.8 Å². The largest absolute Gasteiger partial charge is 0.508 e. The Hall–Kier alpha value is -2.29. The zero-order valence-corrected chi connectivity index (χ0v) is 13.5. The van der Waals surface area contributed by atoms with Crippen molar-refractivity contribution in [1.82, 2.24) is 4.90 Å². The van der Waals surface area contributed by atoms with Crippen LogP contribution in [0.5, 0.6) is 5.75 Å². The van der Waals surface area contributed by atoms with Crippen molar-refractivity contribution >= 4 is 5.91 Å². The van der Waals surface area contributed by atoms with Crippen LogP contribution in [0.3, 0.4) is 0 Å².